The van der Waals surface area contributed by atoms with Crippen molar-refractivity contribution in [2.75, 3.05) is 13.1 Å². The van der Waals surface area contributed by atoms with E-state index in [4.69, 9.17) is 0 Å². The Morgan fingerprint density at radius 3 is 2.72 bits per heavy atom. The summed E-state index contributed by atoms with van der Waals surface area (Å²) in [6, 6.07) is 2.73. The van der Waals surface area contributed by atoms with Crippen LogP contribution in [0.15, 0.2) is 16.6 Å². The first kappa shape index (κ1) is 13.9. The van der Waals surface area contributed by atoms with Crippen LogP contribution in [-0.2, 0) is 6.54 Å². The second-order valence-electron chi connectivity index (χ2n) is 5.80. The zero-order chi connectivity index (χ0) is 13.3. The van der Waals surface area contributed by atoms with Gasteiger partial charge in [-0.25, -0.2) is 8.78 Å². The predicted octanol–water partition coefficient (Wildman–Crippen LogP) is 4.35. The standard InChI is InChI=1S/C14H18BrF2N/c1-14(2)6-3-7-18(9-14)8-10-12(16)5-4-11(15)13(10)17/h4-5H,3,6-9H2,1-2H3. The Hall–Kier alpha value is -0.480. The fourth-order valence-corrected chi connectivity index (χ4v) is 2.99. The zero-order valence-electron chi connectivity index (χ0n) is 10.8. The third kappa shape index (κ3) is 3.09. The number of benzene rings is 1. The third-order valence-corrected chi connectivity index (χ3v) is 4.11. The van der Waals surface area contributed by atoms with Crippen molar-refractivity contribution < 1.29 is 8.78 Å². The molecular formula is C14H18BrF2N. The van der Waals surface area contributed by atoms with Crippen molar-refractivity contribution in [2.24, 2.45) is 5.41 Å². The molecule has 0 spiro atoms. The molecule has 0 saturated carbocycles. The Balaban J connectivity index is 2.17. The molecule has 0 unspecified atom stereocenters. The van der Waals surface area contributed by atoms with E-state index >= 15 is 0 Å². The van der Waals surface area contributed by atoms with Gasteiger partial charge >= 0.3 is 0 Å². The van der Waals surface area contributed by atoms with Gasteiger partial charge in [-0.1, -0.05) is 13.8 Å². The monoisotopic (exact) mass is 317 g/mol. The minimum atomic E-state index is -0.474. The van der Waals surface area contributed by atoms with Gasteiger partial charge in [0.2, 0.25) is 0 Å². The van der Waals surface area contributed by atoms with Gasteiger partial charge in [-0.05, 0) is 52.9 Å². The van der Waals surface area contributed by atoms with Crippen molar-refractivity contribution in [3.8, 4) is 0 Å². The fraction of sp³-hybridized carbons (Fsp3) is 0.571. The average Bonchev–Trinajstić information content (AvgIpc) is 2.28. The SMILES string of the molecule is CC1(C)CCCN(Cc2c(F)ccc(Br)c2F)C1. The van der Waals surface area contributed by atoms with Gasteiger partial charge in [0, 0.05) is 18.7 Å². The van der Waals surface area contributed by atoms with Crippen LogP contribution >= 0.6 is 15.9 Å². The van der Waals surface area contributed by atoms with E-state index in [9.17, 15) is 8.78 Å². The maximum atomic E-state index is 13.9. The normalized spacial score (nSPS) is 20.1. The number of hydrogen-bond donors (Lipinski definition) is 0. The Kier molecular flexibility index (Phi) is 4.07. The van der Waals surface area contributed by atoms with Crippen LogP contribution in [0, 0.1) is 17.0 Å². The topological polar surface area (TPSA) is 3.24 Å². The molecule has 1 nitrogen and oxygen atoms in total. The lowest BCUT2D eigenvalue weighted by molar-refractivity contribution is 0.109. The van der Waals surface area contributed by atoms with Crippen LogP contribution in [-0.4, -0.2) is 18.0 Å². The Morgan fingerprint density at radius 1 is 1.33 bits per heavy atom. The molecule has 0 amide bonds. The highest BCUT2D eigenvalue weighted by Crippen LogP contribution is 2.30. The maximum Gasteiger partial charge on any atom is 0.144 e. The molecule has 100 valence electrons. The molecule has 1 aromatic rings. The number of piperidine rings is 1. The van der Waals surface area contributed by atoms with Gasteiger partial charge in [-0.3, -0.25) is 4.90 Å². The number of rotatable bonds is 2. The second kappa shape index (κ2) is 5.25. The quantitative estimate of drug-likeness (QED) is 0.733. The molecule has 1 fully saturated rings. The lowest BCUT2D eigenvalue weighted by Crippen LogP contribution is -2.39. The van der Waals surface area contributed by atoms with E-state index in [1.807, 2.05) is 0 Å². The largest absolute Gasteiger partial charge is 0.298 e. The molecule has 1 aliphatic heterocycles. The van der Waals surface area contributed by atoms with E-state index in [-0.39, 0.29) is 11.0 Å². The van der Waals surface area contributed by atoms with Crippen molar-refractivity contribution in [1.82, 2.24) is 4.90 Å². The first-order valence-electron chi connectivity index (χ1n) is 6.24. The summed E-state index contributed by atoms with van der Waals surface area (Å²) >= 11 is 3.11. The van der Waals surface area contributed by atoms with Gasteiger partial charge in [0.05, 0.1) is 4.47 Å². The summed E-state index contributed by atoms with van der Waals surface area (Å²) in [7, 11) is 0. The minimum absolute atomic E-state index is 0.169. The molecule has 0 N–H and O–H groups in total. The van der Waals surface area contributed by atoms with Crippen LogP contribution in [0.3, 0.4) is 0 Å². The van der Waals surface area contributed by atoms with E-state index in [0.717, 1.165) is 19.5 Å². The molecule has 0 aromatic heterocycles. The zero-order valence-corrected chi connectivity index (χ0v) is 12.4. The second-order valence-corrected chi connectivity index (χ2v) is 6.65. The lowest BCUT2D eigenvalue weighted by Gasteiger charge is -2.38. The molecule has 1 saturated heterocycles. The molecule has 1 aromatic carbocycles. The number of likely N-dealkylation sites (tertiary alicyclic amines) is 1. The molecule has 0 radical (unpaired) electrons. The van der Waals surface area contributed by atoms with E-state index in [2.05, 4.69) is 34.7 Å². The first-order chi connectivity index (χ1) is 8.39. The van der Waals surface area contributed by atoms with E-state index < -0.39 is 11.6 Å². The number of halogens is 3. The maximum absolute atomic E-state index is 13.9. The molecular weight excluding hydrogens is 300 g/mol. The molecule has 18 heavy (non-hydrogen) atoms. The number of hydrogen-bond acceptors (Lipinski definition) is 1. The molecule has 0 atom stereocenters. The van der Waals surface area contributed by atoms with Crippen LogP contribution in [0.4, 0.5) is 8.78 Å². The summed E-state index contributed by atoms with van der Waals surface area (Å²) in [6.07, 6.45) is 2.26. The molecule has 0 aliphatic carbocycles. The van der Waals surface area contributed by atoms with E-state index in [1.165, 1.54) is 18.6 Å². The molecule has 1 heterocycles. The summed E-state index contributed by atoms with van der Waals surface area (Å²) in [5.41, 5.74) is 0.402. The van der Waals surface area contributed by atoms with Crippen LogP contribution < -0.4 is 0 Å². The van der Waals surface area contributed by atoms with Crippen molar-refractivity contribution in [3.05, 3.63) is 33.8 Å². The van der Waals surface area contributed by atoms with Crippen molar-refractivity contribution in [2.45, 2.75) is 33.2 Å². The van der Waals surface area contributed by atoms with Gasteiger partial charge < -0.3 is 0 Å². The van der Waals surface area contributed by atoms with Crippen LogP contribution in [0.2, 0.25) is 0 Å². The van der Waals surface area contributed by atoms with Gasteiger partial charge in [0.25, 0.3) is 0 Å². The fourth-order valence-electron chi connectivity index (χ4n) is 2.62. The van der Waals surface area contributed by atoms with Crippen molar-refractivity contribution in [3.63, 3.8) is 0 Å². The highest BCUT2D eigenvalue weighted by molar-refractivity contribution is 9.10. The molecule has 1 aliphatic rings. The molecule has 2 rings (SSSR count). The van der Waals surface area contributed by atoms with Gasteiger partial charge in [-0.15, -0.1) is 0 Å². The van der Waals surface area contributed by atoms with Crippen LogP contribution in [0.1, 0.15) is 32.3 Å². The Morgan fingerprint density at radius 2 is 2.06 bits per heavy atom. The number of nitrogens with zero attached hydrogens (tertiary/aromatic N) is 1. The van der Waals surface area contributed by atoms with Crippen molar-refractivity contribution >= 4 is 15.9 Å². The minimum Gasteiger partial charge on any atom is -0.298 e. The summed E-state index contributed by atoms with van der Waals surface area (Å²) in [5.74, 6) is -0.933. The van der Waals surface area contributed by atoms with Crippen molar-refractivity contribution in [1.29, 1.82) is 0 Å². The average molecular weight is 318 g/mol. The van der Waals surface area contributed by atoms with E-state index in [0.29, 0.717) is 11.0 Å². The third-order valence-electron chi connectivity index (χ3n) is 3.50. The summed E-state index contributed by atoms with van der Waals surface area (Å²) in [5, 5.41) is 0. The Labute approximate surface area is 115 Å². The van der Waals surface area contributed by atoms with Crippen LogP contribution in [0.25, 0.3) is 0 Å². The highest BCUT2D eigenvalue weighted by atomic mass is 79.9. The summed E-state index contributed by atoms with van der Waals surface area (Å²) in [6.45, 7) is 6.55. The molecule has 0 bridgehead atoms. The van der Waals surface area contributed by atoms with Gasteiger partial charge in [0.15, 0.2) is 0 Å². The Bertz CT molecular complexity index is 446. The smallest absolute Gasteiger partial charge is 0.144 e. The highest BCUT2D eigenvalue weighted by Gasteiger charge is 2.27. The van der Waals surface area contributed by atoms with Gasteiger partial charge in [-0.2, -0.15) is 0 Å². The molecule has 4 heteroatoms. The predicted molar refractivity (Wildman–Crippen MR) is 72.4 cm³/mol. The first-order valence-corrected chi connectivity index (χ1v) is 7.03. The van der Waals surface area contributed by atoms with Crippen LogP contribution in [0.5, 0.6) is 0 Å². The van der Waals surface area contributed by atoms with E-state index in [1.54, 1.807) is 0 Å². The summed E-state index contributed by atoms with van der Waals surface area (Å²) < 4.78 is 27.9. The van der Waals surface area contributed by atoms with Gasteiger partial charge in [0.1, 0.15) is 11.6 Å². The summed E-state index contributed by atoms with van der Waals surface area (Å²) in [4.78, 5) is 2.14. The lowest BCUT2D eigenvalue weighted by atomic mass is 9.84.